The van der Waals surface area contributed by atoms with Gasteiger partial charge in [0.15, 0.2) is 5.13 Å². The average Bonchev–Trinajstić information content (AvgIpc) is 3.18. The number of carbonyl (C=O) groups is 1. The van der Waals surface area contributed by atoms with Crippen LogP contribution in [0.2, 0.25) is 10.0 Å². The Morgan fingerprint density at radius 3 is 2.83 bits per heavy atom. The molecule has 0 aliphatic carbocycles. The van der Waals surface area contributed by atoms with Crippen LogP contribution in [0.4, 0.5) is 5.13 Å². The fourth-order valence-electron chi connectivity index (χ4n) is 3.00. The first-order chi connectivity index (χ1) is 14.5. The number of aromatic amines is 1. The fraction of sp³-hybridized carbons (Fsp3) is 0.143. The molecule has 30 heavy (non-hydrogen) atoms. The highest BCUT2D eigenvalue weighted by atomic mass is 35.5. The van der Waals surface area contributed by atoms with E-state index in [4.69, 9.17) is 23.2 Å². The second-order valence-electron chi connectivity index (χ2n) is 6.59. The molecule has 1 amide bonds. The van der Waals surface area contributed by atoms with Gasteiger partial charge in [0.05, 0.1) is 21.6 Å². The summed E-state index contributed by atoms with van der Waals surface area (Å²) in [6.45, 7) is 0. The Kier molecular flexibility index (Phi) is 6.13. The number of nitrogens with zero attached hydrogens (tertiary/aromatic N) is 2. The molecule has 6 nitrogen and oxygen atoms in total. The van der Waals surface area contributed by atoms with Crippen molar-refractivity contribution in [1.29, 1.82) is 0 Å². The van der Waals surface area contributed by atoms with Crippen LogP contribution in [0.1, 0.15) is 18.7 Å². The zero-order chi connectivity index (χ0) is 21.1. The molecule has 2 N–H and O–H groups in total. The van der Waals surface area contributed by atoms with Gasteiger partial charge in [0.1, 0.15) is 5.82 Å². The van der Waals surface area contributed by atoms with E-state index in [0.29, 0.717) is 56.0 Å². The Hall–Kier alpha value is -2.74. The Bertz CT molecular complexity index is 1290. The molecule has 0 aliphatic heterocycles. The number of fused-ring (bicyclic) bond motifs is 1. The van der Waals surface area contributed by atoms with Crippen molar-refractivity contribution in [3.63, 3.8) is 0 Å². The number of para-hydroxylation sites is 1. The van der Waals surface area contributed by atoms with E-state index < -0.39 is 0 Å². The van der Waals surface area contributed by atoms with Crippen LogP contribution < -0.4 is 10.9 Å². The molecular weight excluding hydrogens is 443 g/mol. The molecule has 0 saturated heterocycles. The van der Waals surface area contributed by atoms with Crippen LogP contribution in [0.25, 0.3) is 22.2 Å². The zero-order valence-electron chi connectivity index (χ0n) is 15.6. The number of hydrogen-bond acceptors (Lipinski definition) is 5. The molecule has 2 aromatic heterocycles. The lowest BCUT2D eigenvalue weighted by Crippen LogP contribution is -2.14. The van der Waals surface area contributed by atoms with Gasteiger partial charge in [0, 0.05) is 28.8 Å². The summed E-state index contributed by atoms with van der Waals surface area (Å²) in [6.07, 6.45) is 1.32. The van der Waals surface area contributed by atoms with Crippen LogP contribution in [-0.4, -0.2) is 20.9 Å². The Balaban J connectivity index is 1.35. The molecule has 0 aliphatic rings. The standard InChI is InChI=1S/C21H16Cl2N4O2S/c22-12-8-9-15(23)14(10-12)17-11-30-21(25-17)27-19(28)7-3-6-18-24-16-5-2-1-4-13(16)20(29)26-18/h1-2,4-5,8-11H,3,6-7H2,(H,24,26,29)(H,25,27,28). The topological polar surface area (TPSA) is 87.7 Å². The number of H-pyrrole nitrogens is 1. The molecule has 4 aromatic rings. The third-order valence-corrected chi connectivity index (χ3v) is 5.76. The van der Waals surface area contributed by atoms with E-state index in [1.54, 1.807) is 36.4 Å². The van der Waals surface area contributed by atoms with Gasteiger partial charge in [-0.15, -0.1) is 11.3 Å². The van der Waals surface area contributed by atoms with Crippen molar-refractivity contribution in [2.45, 2.75) is 19.3 Å². The number of amides is 1. The number of rotatable bonds is 6. The highest BCUT2D eigenvalue weighted by molar-refractivity contribution is 7.14. The number of hydrogen-bond donors (Lipinski definition) is 2. The lowest BCUT2D eigenvalue weighted by molar-refractivity contribution is -0.116. The summed E-state index contributed by atoms with van der Waals surface area (Å²) in [5, 5.41) is 6.76. The van der Waals surface area contributed by atoms with E-state index in [9.17, 15) is 9.59 Å². The molecule has 0 unspecified atom stereocenters. The second kappa shape index (κ2) is 8.95. The molecule has 0 bridgehead atoms. The summed E-state index contributed by atoms with van der Waals surface area (Å²) in [4.78, 5) is 36.0. The highest BCUT2D eigenvalue weighted by Gasteiger charge is 2.11. The molecule has 0 spiro atoms. The molecule has 0 saturated carbocycles. The first-order valence-corrected chi connectivity index (χ1v) is 10.8. The summed E-state index contributed by atoms with van der Waals surface area (Å²) in [7, 11) is 0. The summed E-state index contributed by atoms with van der Waals surface area (Å²) < 4.78 is 0. The number of aromatic nitrogens is 3. The zero-order valence-corrected chi connectivity index (χ0v) is 17.9. The van der Waals surface area contributed by atoms with Gasteiger partial charge in [0.25, 0.3) is 5.56 Å². The smallest absolute Gasteiger partial charge is 0.258 e. The second-order valence-corrected chi connectivity index (χ2v) is 8.30. The minimum absolute atomic E-state index is 0.156. The van der Waals surface area contributed by atoms with Crippen molar-refractivity contribution >= 4 is 56.5 Å². The summed E-state index contributed by atoms with van der Waals surface area (Å²) >= 11 is 13.6. The van der Waals surface area contributed by atoms with Gasteiger partial charge in [-0.3, -0.25) is 9.59 Å². The minimum atomic E-state index is -0.171. The van der Waals surface area contributed by atoms with Crippen LogP contribution in [0, 0.1) is 0 Å². The Morgan fingerprint density at radius 2 is 1.97 bits per heavy atom. The van der Waals surface area contributed by atoms with Crippen LogP contribution in [0.5, 0.6) is 0 Å². The maximum Gasteiger partial charge on any atom is 0.258 e. The van der Waals surface area contributed by atoms with Gasteiger partial charge >= 0.3 is 0 Å². The molecule has 0 radical (unpaired) electrons. The lowest BCUT2D eigenvalue weighted by Gasteiger charge is -2.04. The number of benzene rings is 2. The van der Waals surface area contributed by atoms with E-state index in [-0.39, 0.29) is 17.9 Å². The first kappa shape index (κ1) is 20.5. The van der Waals surface area contributed by atoms with Crippen LogP contribution >= 0.6 is 34.5 Å². The molecule has 0 atom stereocenters. The van der Waals surface area contributed by atoms with Crippen molar-refractivity contribution in [2.75, 3.05) is 5.32 Å². The Morgan fingerprint density at radius 1 is 1.13 bits per heavy atom. The number of halogens is 2. The van der Waals surface area contributed by atoms with E-state index in [0.717, 1.165) is 0 Å². The van der Waals surface area contributed by atoms with Gasteiger partial charge in [0.2, 0.25) is 5.91 Å². The van der Waals surface area contributed by atoms with Crippen molar-refractivity contribution in [3.8, 4) is 11.3 Å². The molecule has 9 heteroatoms. The molecule has 2 aromatic carbocycles. The number of thiazole rings is 1. The third-order valence-electron chi connectivity index (χ3n) is 4.43. The summed E-state index contributed by atoms with van der Waals surface area (Å²) in [6, 6.07) is 12.3. The predicted molar refractivity (Wildman–Crippen MR) is 122 cm³/mol. The van der Waals surface area contributed by atoms with E-state index in [2.05, 4.69) is 20.3 Å². The number of carbonyl (C=O) groups excluding carboxylic acids is 1. The van der Waals surface area contributed by atoms with E-state index in [1.807, 2.05) is 11.4 Å². The fourth-order valence-corrected chi connectivity index (χ4v) is 4.11. The van der Waals surface area contributed by atoms with Crippen molar-refractivity contribution in [2.24, 2.45) is 0 Å². The quantitative estimate of drug-likeness (QED) is 0.409. The SMILES string of the molecule is O=C(CCCc1nc2ccccc2c(=O)[nH]1)Nc1nc(-c2cc(Cl)ccc2Cl)cs1. The minimum Gasteiger partial charge on any atom is -0.310 e. The van der Waals surface area contributed by atoms with Gasteiger partial charge < -0.3 is 10.3 Å². The number of anilines is 1. The van der Waals surface area contributed by atoms with E-state index in [1.165, 1.54) is 11.3 Å². The van der Waals surface area contributed by atoms with Gasteiger partial charge in [-0.25, -0.2) is 9.97 Å². The molecule has 152 valence electrons. The van der Waals surface area contributed by atoms with Crippen molar-refractivity contribution < 1.29 is 4.79 Å². The van der Waals surface area contributed by atoms with Crippen molar-refractivity contribution in [1.82, 2.24) is 15.0 Å². The van der Waals surface area contributed by atoms with Crippen molar-refractivity contribution in [3.05, 3.63) is 74.1 Å². The normalized spacial score (nSPS) is 11.0. The number of nitrogens with one attached hydrogen (secondary N) is 2. The average molecular weight is 459 g/mol. The predicted octanol–water partition coefficient (Wildman–Crippen LogP) is 5.31. The van der Waals surface area contributed by atoms with Crippen LogP contribution in [0.15, 0.2) is 52.6 Å². The van der Waals surface area contributed by atoms with Gasteiger partial charge in [-0.05, 0) is 36.8 Å². The first-order valence-electron chi connectivity index (χ1n) is 9.18. The highest BCUT2D eigenvalue weighted by Crippen LogP contribution is 2.32. The monoisotopic (exact) mass is 458 g/mol. The van der Waals surface area contributed by atoms with E-state index >= 15 is 0 Å². The summed E-state index contributed by atoms with van der Waals surface area (Å²) in [5.74, 6) is 0.412. The maximum atomic E-state index is 12.3. The largest absolute Gasteiger partial charge is 0.310 e. The summed E-state index contributed by atoms with van der Waals surface area (Å²) in [5.41, 5.74) is 1.85. The number of aryl methyl sites for hydroxylation is 1. The molecule has 4 rings (SSSR count). The Labute approximate surface area is 185 Å². The van der Waals surface area contributed by atoms with Gasteiger partial charge in [-0.2, -0.15) is 0 Å². The molecule has 0 fully saturated rings. The maximum absolute atomic E-state index is 12.3. The van der Waals surface area contributed by atoms with Crippen LogP contribution in [0.3, 0.4) is 0 Å². The lowest BCUT2D eigenvalue weighted by atomic mass is 10.2. The van der Waals surface area contributed by atoms with Gasteiger partial charge in [-0.1, -0.05) is 35.3 Å². The van der Waals surface area contributed by atoms with Crippen LogP contribution in [-0.2, 0) is 11.2 Å². The molecule has 2 heterocycles. The molecular formula is C21H16Cl2N4O2S. The third kappa shape index (κ3) is 4.70.